The van der Waals surface area contributed by atoms with Crippen molar-refractivity contribution in [2.45, 2.75) is 0 Å². The summed E-state index contributed by atoms with van der Waals surface area (Å²) in [5.74, 6) is -2.67. The number of pyridine rings is 1. The molecule has 0 fully saturated rings. The van der Waals surface area contributed by atoms with Crippen LogP contribution in [0.3, 0.4) is 0 Å². The lowest BCUT2D eigenvalue weighted by molar-refractivity contribution is -0.150. The topological polar surface area (TPSA) is 111 Å². The van der Waals surface area contributed by atoms with E-state index >= 15 is 0 Å². The number of hydrogen-bond donors (Lipinski definition) is 2. The molecule has 0 aliphatic rings. The lowest BCUT2D eigenvalue weighted by atomic mass is 10.2. The van der Waals surface area contributed by atoms with Crippen molar-refractivity contribution < 1.29 is 19.1 Å². The first-order valence-corrected chi connectivity index (χ1v) is 4.18. The van der Waals surface area contributed by atoms with Gasteiger partial charge in [-0.15, -0.1) is 0 Å². The van der Waals surface area contributed by atoms with Crippen LogP contribution in [0, 0.1) is 0 Å². The highest BCUT2D eigenvalue weighted by Crippen LogP contribution is 2.07. The van der Waals surface area contributed by atoms with E-state index in [4.69, 9.17) is 5.73 Å². The Morgan fingerprint density at radius 1 is 1.38 bits per heavy atom. The van der Waals surface area contributed by atoms with Gasteiger partial charge in [0.25, 0.3) is 0 Å². The molecule has 3 N–H and O–H groups in total. The molecule has 2 amide bonds. The van der Waals surface area contributed by atoms with Crippen LogP contribution in [0.15, 0.2) is 18.5 Å². The number of rotatable bonds is 2. The van der Waals surface area contributed by atoms with Crippen molar-refractivity contribution in [3.8, 4) is 0 Å². The molecule has 1 rings (SSSR count). The molecule has 1 aromatic heterocycles. The number of primary amides is 1. The number of esters is 1. The molecular formula is C9H9N3O4. The number of carbonyl (C=O) groups excluding carboxylic acids is 3. The van der Waals surface area contributed by atoms with Crippen LogP contribution >= 0.6 is 0 Å². The van der Waals surface area contributed by atoms with Crippen LogP contribution in [0.2, 0.25) is 0 Å². The Bertz CT molecular complexity index is 444. The van der Waals surface area contributed by atoms with Crippen molar-refractivity contribution in [2.75, 3.05) is 12.4 Å². The van der Waals surface area contributed by atoms with Crippen LogP contribution in [0.25, 0.3) is 0 Å². The molecule has 0 radical (unpaired) electrons. The van der Waals surface area contributed by atoms with Crippen molar-refractivity contribution in [1.29, 1.82) is 0 Å². The predicted molar refractivity (Wildman–Crippen MR) is 53.4 cm³/mol. The first-order valence-electron chi connectivity index (χ1n) is 4.18. The maximum absolute atomic E-state index is 11.1. The number of carbonyl (C=O) groups is 3. The minimum Gasteiger partial charge on any atom is -0.462 e. The number of amides is 2. The molecule has 1 heterocycles. The van der Waals surface area contributed by atoms with Crippen LogP contribution in [-0.2, 0) is 14.3 Å². The molecule has 84 valence electrons. The SMILES string of the molecule is COC(=O)C(=O)Nc1cncc(C(N)=O)c1. The Labute approximate surface area is 90.6 Å². The maximum atomic E-state index is 11.1. The molecule has 0 aliphatic carbocycles. The summed E-state index contributed by atoms with van der Waals surface area (Å²) in [4.78, 5) is 36.4. The molecule has 16 heavy (non-hydrogen) atoms. The largest absolute Gasteiger partial charge is 0.462 e. The highest BCUT2D eigenvalue weighted by atomic mass is 16.5. The molecule has 7 heteroatoms. The van der Waals surface area contributed by atoms with E-state index in [1.165, 1.54) is 18.5 Å². The second-order valence-electron chi connectivity index (χ2n) is 2.77. The molecule has 0 saturated carbocycles. The van der Waals surface area contributed by atoms with Gasteiger partial charge in [0.1, 0.15) is 0 Å². The molecule has 0 bridgehead atoms. The average Bonchev–Trinajstić information content (AvgIpc) is 2.28. The first-order chi connectivity index (χ1) is 7.54. The van der Waals surface area contributed by atoms with Gasteiger partial charge in [-0.1, -0.05) is 0 Å². The Balaban J connectivity index is 2.82. The number of nitrogens with one attached hydrogen (secondary N) is 1. The zero-order chi connectivity index (χ0) is 12.1. The van der Waals surface area contributed by atoms with Crippen LogP contribution < -0.4 is 11.1 Å². The fourth-order valence-electron chi connectivity index (χ4n) is 0.918. The van der Waals surface area contributed by atoms with E-state index in [0.29, 0.717) is 0 Å². The Hall–Kier alpha value is -2.44. The molecule has 0 aromatic carbocycles. The van der Waals surface area contributed by atoms with Gasteiger partial charge in [-0.25, -0.2) is 4.79 Å². The van der Waals surface area contributed by atoms with Crippen LogP contribution in [-0.4, -0.2) is 29.9 Å². The fourth-order valence-corrected chi connectivity index (χ4v) is 0.918. The number of methoxy groups -OCH3 is 1. The summed E-state index contributed by atoms with van der Waals surface area (Å²) in [7, 11) is 1.08. The minimum atomic E-state index is -1.04. The summed E-state index contributed by atoms with van der Waals surface area (Å²) in [5, 5.41) is 2.20. The van der Waals surface area contributed by atoms with Gasteiger partial charge in [0.05, 0.1) is 24.6 Å². The standard InChI is InChI=1S/C9H9N3O4/c1-16-9(15)8(14)12-6-2-5(7(10)13)3-11-4-6/h2-4H,1H3,(H2,10,13)(H,12,14). The quantitative estimate of drug-likeness (QED) is 0.508. The highest BCUT2D eigenvalue weighted by Gasteiger charge is 2.14. The van der Waals surface area contributed by atoms with Crippen molar-refractivity contribution in [1.82, 2.24) is 4.98 Å². The van der Waals surface area contributed by atoms with E-state index in [1.54, 1.807) is 0 Å². The number of hydrogen-bond acceptors (Lipinski definition) is 5. The third-order valence-corrected chi connectivity index (χ3v) is 1.65. The Morgan fingerprint density at radius 2 is 2.06 bits per heavy atom. The van der Waals surface area contributed by atoms with E-state index in [0.717, 1.165) is 7.11 Å². The van der Waals surface area contributed by atoms with E-state index in [-0.39, 0.29) is 11.3 Å². The van der Waals surface area contributed by atoms with Gasteiger partial charge in [0, 0.05) is 6.20 Å². The third-order valence-electron chi connectivity index (χ3n) is 1.65. The molecule has 0 unspecified atom stereocenters. The summed E-state index contributed by atoms with van der Waals surface area (Å²) < 4.78 is 4.20. The van der Waals surface area contributed by atoms with Crippen LogP contribution in [0.4, 0.5) is 5.69 Å². The predicted octanol–water partition coefficient (Wildman–Crippen LogP) is -0.708. The van der Waals surface area contributed by atoms with Crippen molar-refractivity contribution in [2.24, 2.45) is 5.73 Å². The zero-order valence-electron chi connectivity index (χ0n) is 8.39. The number of nitrogens with two attached hydrogens (primary N) is 1. The van der Waals surface area contributed by atoms with E-state index < -0.39 is 17.8 Å². The van der Waals surface area contributed by atoms with Gasteiger partial charge in [0.15, 0.2) is 0 Å². The summed E-state index contributed by atoms with van der Waals surface area (Å²) in [5.41, 5.74) is 5.33. The number of aromatic nitrogens is 1. The lowest BCUT2D eigenvalue weighted by Crippen LogP contribution is -2.24. The van der Waals surface area contributed by atoms with Gasteiger partial charge < -0.3 is 15.8 Å². The Kier molecular flexibility index (Phi) is 3.54. The molecule has 1 aromatic rings. The summed E-state index contributed by atoms with van der Waals surface area (Å²) in [6.45, 7) is 0. The van der Waals surface area contributed by atoms with Crippen LogP contribution in [0.1, 0.15) is 10.4 Å². The van der Waals surface area contributed by atoms with Gasteiger partial charge >= 0.3 is 11.9 Å². The van der Waals surface area contributed by atoms with Gasteiger partial charge in [0.2, 0.25) is 5.91 Å². The van der Waals surface area contributed by atoms with E-state index in [2.05, 4.69) is 15.0 Å². The molecule has 7 nitrogen and oxygen atoms in total. The fraction of sp³-hybridized carbons (Fsp3) is 0.111. The Morgan fingerprint density at radius 3 is 2.62 bits per heavy atom. The number of nitrogens with zero attached hydrogens (tertiary/aromatic N) is 1. The number of ether oxygens (including phenoxy) is 1. The molecule has 0 saturated heterocycles. The second kappa shape index (κ2) is 4.87. The third kappa shape index (κ3) is 2.77. The van der Waals surface area contributed by atoms with Gasteiger partial charge in [-0.3, -0.25) is 14.6 Å². The molecule has 0 aliphatic heterocycles. The molecular weight excluding hydrogens is 214 g/mol. The summed E-state index contributed by atoms with van der Waals surface area (Å²) in [6, 6.07) is 1.30. The highest BCUT2D eigenvalue weighted by molar-refractivity contribution is 6.37. The normalized spacial score (nSPS) is 9.31. The lowest BCUT2D eigenvalue weighted by Gasteiger charge is -2.03. The zero-order valence-corrected chi connectivity index (χ0v) is 8.39. The van der Waals surface area contributed by atoms with Crippen molar-refractivity contribution in [3.05, 3.63) is 24.0 Å². The summed E-state index contributed by atoms with van der Waals surface area (Å²) in [6.07, 6.45) is 2.52. The minimum absolute atomic E-state index is 0.127. The van der Waals surface area contributed by atoms with Gasteiger partial charge in [-0.2, -0.15) is 0 Å². The first kappa shape index (κ1) is 11.6. The average molecular weight is 223 g/mol. The van der Waals surface area contributed by atoms with E-state index in [9.17, 15) is 14.4 Å². The van der Waals surface area contributed by atoms with Crippen molar-refractivity contribution >= 4 is 23.5 Å². The van der Waals surface area contributed by atoms with Crippen LogP contribution in [0.5, 0.6) is 0 Å². The van der Waals surface area contributed by atoms with Gasteiger partial charge in [-0.05, 0) is 6.07 Å². The maximum Gasteiger partial charge on any atom is 0.396 e. The number of anilines is 1. The summed E-state index contributed by atoms with van der Waals surface area (Å²) >= 11 is 0. The smallest absolute Gasteiger partial charge is 0.396 e. The van der Waals surface area contributed by atoms with E-state index in [1.807, 2.05) is 0 Å². The molecule has 0 atom stereocenters. The second-order valence-corrected chi connectivity index (χ2v) is 2.77. The molecule has 0 spiro atoms. The monoisotopic (exact) mass is 223 g/mol. The van der Waals surface area contributed by atoms with Crippen molar-refractivity contribution in [3.63, 3.8) is 0 Å².